The van der Waals surface area contributed by atoms with Gasteiger partial charge in [-0.1, -0.05) is 73.5 Å². The summed E-state index contributed by atoms with van der Waals surface area (Å²) in [5.41, 5.74) is 1.89. The summed E-state index contributed by atoms with van der Waals surface area (Å²) in [5, 5.41) is 0.0983. The summed E-state index contributed by atoms with van der Waals surface area (Å²) >= 11 is 6.25. The van der Waals surface area contributed by atoms with Gasteiger partial charge in [0, 0.05) is 11.6 Å². The van der Waals surface area contributed by atoms with Gasteiger partial charge in [-0.15, -0.1) is 0 Å². The predicted octanol–water partition coefficient (Wildman–Crippen LogP) is 4.79. The number of unbranched alkanes of at least 4 members (excludes halogenated alkanes) is 1. The van der Waals surface area contributed by atoms with E-state index in [0.29, 0.717) is 12.5 Å². The first-order chi connectivity index (χ1) is 13.4. The molecule has 0 aromatic heterocycles. The number of nitrogens with zero attached hydrogens (tertiary/aromatic N) is 1. The van der Waals surface area contributed by atoms with Gasteiger partial charge in [0.1, 0.15) is 5.37 Å². The van der Waals surface area contributed by atoms with Crippen molar-refractivity contribution in [1.29, 1.82) is 0 Å². The van der Waals surface area contributed by atoms with Crippen molar-refractivity contribution in [3.05, 3.63) is 70.7 Å². The van der Waals surface area contributed by atoms with Crippen LogP contribution in [0.2, 0.25) is 5.02 Å². The minimum Gasteiger partial charge on any atom is -0.325 e. The molecule has 4 nitrogen and oxygen atoms in total. The number of sulfone groups is 1. The molecule has 2 aromatic rings. The maximum absolute atomic E-state index is 12.7. The number of halogens is 1. The fourth-order valence-electron chi connectivity index (χ4n) is 3.68. The van der Waals surface area contributed by atoms with E-state index in [2.05, 4.69) is 6.92 Å². The molecule has 0 radical (unpaired) electrons. The quantitative estimate of drug-likeness (QED) is 0.433. The highest BCUT2D eigenvalue weighted by atomic mass is 35.5. The second-order valence-electron chi connectivity index (χ2n) is 7.46. The van der Waals surface area contributed by atoms with Gasteiger partial charge in [-0.3, -0.25) is 4.79 Å². The standard InChI is InChI=1S/C22H26ClNO3S/c1-17(19-12-5-6-13-20(19)23)9-7-8-14-24-21(25)15-22(24)28(26,27)16-18-10-3-2-4-11-18/h2-6,10-13,17,22H,7-9,14-16H2,1H3. The first-order valence-electron chi connectivity index (χ1n) is 9.68. The van der Waals surface area contributed by atoms with E-state index < -0.39 is 15.2 Å². The van der Waals surface area contributed by atoms with Gasteiger partial charge in [0.05, 0.1) is 12.2 Å². The van der Waals surface area contributed by atoms with Crippen LogP contribution in [-0.2, 0) is 20.4 Å². The summed E-state index contributed by atoms with van der Waals surface area (Å²) in [7, 11) is -3.37. The summed E-state index contributed by atoms with van der Waals surface area (Å²) in [6.45, 7) is 2.63. The third kappa shape index (κ3) is 4.95. The lowest BCUT2D eigenvalue weighted by molar-refractivity contribution is -0.141. The van der Waals surface area contributed by atoms with Gasteiger partial charge in [0.25, 0.3) is 0 Å². The molecule has 0 N–H and O–H groups in total. The highest BCUT2D eigenvalue weighted by Crippen LogP contribution is 2.30. The zero-order valence-corrected chi connectivity index (χ0v) is 17.6. The lowest BCUT2D eigenvalue weighted by Gasteiger charge is -2.39. The van der Waals surface area contributed by atoms with E-state index in [9.17, 15) is 13.2 Å². The Hall–Kier alpha value is -1.85. The van der Waals surface area contributed by atoms with Gasteiger partial charge in [0.2, 0.25) is 5.91 Å². The molecule has 0 spiro atoms. The second-order valence-corrected chi connectivity index (χ2v) is 10.0. The number of likely N-dealkylation sites (tertiary alicyclic amines) is 1. The maximum Gasteiger partial charge on any atom is 0.226 e. The fraction of sp³-hybridized carbons (Fsp3) is 0.409. The first-order valence-corrected chi connectivity index (χ1v) is 11.8. The van der Waals surface area contributed by atoms with E-state index in [-0.39, 0.29) is 18.1 Å². The van der Waals surface area contributed by atoms with Gasteiger partial charge in [-0.05, 0) is 36.0 Å². The third-order valence-corrected chi connectivity index (χ3v) is 7.69. The number of rotatable bonds is 9. The summed E-state index contributed by atoms with van der Waals surface area (Å²) in [5.74, 6) is 0.241. The van der Waals surface area contributed by atoms with Crippen LogP contribution < -0.4 is 0 Å². The molecule has 0 bridgehead atoms. The van der Waals surface area contributed by atoms with Crippen molar-refractivity contribution in [2.75, 3.05) is 6.54 Å². The van der Waals surface area contributed by atoms with Crippen LogP contribution >= 0.6 is 11.6 Å². The Morgan fingerprint density at radius 1 is 1.07 bits per heavy atom. The van der Waals surface area contributed by atoms with Gasteiger partial charge >= 0.3 is 0 Å². The van der Waals surface area contributed by atoms with E-state index in [1.807, 2.05) is 42.5 Å². The molecule has 6 heteroatoms. The van der Waals surface area contributed by atoms with E-state index in [1.165, 1.54) is 4.90 Å². The molecule has 0 saturated carbocycles. The lowest BCUT2D eigenvalue weighted by Crippen LogP contribution is -2.56. The fourth-order valence-corrected chi connectivity index (χ4v) is 5.86. The van der Waals surface area contributed by atoms with Crippen molar-refractivity contribution >= 4 is 27.3 Å². The van der Waals surface area contributed by atoms with Crippen LogP contribution in [0.25, 0.3) is 0 Å². The van der Waals surface area contributed by atoms with E-state index >= 15 is 0 Å². The van der Waals surface area contributed by atoms with Crippen molar-refractivity contribution in [2.24, 2.45) is 0 Å². The van der Waals surface area contributed by atoms with Crippen molar-refractivity contribution < 1.29 is 13.2 Å². The molecule has 1 saturated heterocycles. The number of carbonyl (C=O) groups is 1. The monoisotopic (exact) mass is 419 g/mol. The van der Waals surface area contributed by atoms with Crippen LogP contribution in [0.4, 0.5) is 0 Å². The average molecular weight is 420 g/mol. The van der Waals surface area contributed by atoms with Gasteiger partial charge in [-0.2, -0.15) is 0 Å². The zero-order chi connectivity index (χ0) is 20.1. The molecule has 2 unspecified atom stereocenters. The molecule has 2 aromatic carbocycles. The van der Waals surface area contributed by atoms with Crippen LogP contribution in [0.5, 0.6) is 0 Å². The van der Waals surface area contributed by atoms with E-state index in [0.717, 1.165) is 35.4 Å². The molecular formula is C22H26ClNO3S. The number of hydrogen-bond acceptors (Lipinski definition) is 3. The minimum atomic E-state index is -3.37. The predicted molar refractivity (Wildman–Crippen MR) is 113 cm³/mol. The number of benzene rings is 2. The smallest absolute Gasteiger partial charge is 0.226 e. The SMILES string of the molecule is CC(CCCCN1C(=O)CC1S(=O)(=O)Cc1ccccc1)c1ccccc1Cl. The molecule has 0 aliphatic carbocycles. The molecule has 1 heterocycles. The molecule has 2 atom stereocenters. The first kappa shape index (κ1) is 20.9. The zero-order valence-electron chi connectivity index (χ0n) is 16.1. The van der Waals surface area contributed by atoms with Gasteiger partial charge < -0.3 is 4.90 Å². The van der Waals surface area contributed by atoms with Crippen LogP contribution in [0.1, 0.15) is 49.7 Å². The Morgan fingerprint density at radius 2 is 1.75 bits per heavy atom. The Bertz CT molecular complexity index is 914. The van der Waals surface area contributed by atoms with E-state index in [4.69, 9.17) is 11.6 Å². The molecular weight excluding hydrogens is 394 g/mol. The average Bonchev–Trinajstić information content (AvgIpc) is 2.66. The summed E-state index contributed by atoms with van der Waals surface area (Å²) in [6, 6.07) is 17.0. The van der Waals surface area contributed by atoms with E-state index in [1.54, 1.807) is 12.1 Å². The maximum atomic E-state index is 12.7. The minimum absolute atomic E-state index is 0.0220. The van der Waals surface area contributed by atoms with Gasteiger partial charge in [0.15, 0.2) is 9.84 Å². The Kier molecular flexibility index (Phi) is 6.78. The summed E-state index contributed by atoms with van der Waals surface area (Å²) < 4.78 is 25.4. The van der Waals surface area contributed by atoms with Gasteiger partial charge in [-0.25, -0.2) is 8.42 Å². The molecule has 1 aliphatic rings. The molecule has 150 valence electrons. The number of carbonyl (C=O) groups excluding carboxylic acids is 1. The number of hydrogen-bond donors (Lipinski definition) is 0. The molecule has 3 rings (SSSR count). The van der Waals surface area contributed by atoms with Crippen molar-refractivity contribution in [2.45, 2.75) is 49.7 Å². The Balaban J connectivity index is 1.50. The highest BCUT2D eigenvalue weighted by molar-refractivity contribution is 7.91. The van der Waals surface area contributed by atoms with Crippen molar-refractivity contribution in [3.63, 3.8) is 0 Å². The summed E-state index contributed by atoms with van der Waals surface area (Å²) in [4.78, 5) is 13.5. The van der Waals surface area contributed by atoms with Crippen LogP contribution in [-0.4, -0.2) is 31.1 Å². The lowest BCUT2D eigenvalue weighted by atomic mass is 9.95. The van der Waals surface area contributed by atoms with Crippen molar-refractivity contribution in [3.8, 4) is 0 Å². The second kappa shape index (κ2) is 9.10. The molecule has 1 fully saturated rings. The van der Waals surface area contributed by atoms with Crippen LogP contribution in [0, 0.1) is 0 Å². The van der Waals surface area contributed by atoms with Crippen LogP contribution in [0.15, 0.2) is 54.6 Å². The number of amides is 1. The Morgan fingerprint density at radius 3 is 2.43 bits per heavy atom. The Labute approximate surface area is 172 Å². The third-order valence-electron chi connectivity index (χ3n) is 5.36. The van der Waals surface area contributed by atoms with Crippen LogP contribution in [0.3, 0.4) is 0 Å². The molecule has 1 amide bonds. The normalized spacial score (nSPS) is 18.0. The molecule has 28 heavy (non-hydrogen) atoms. The highest BCUT2D eigenvalue weighted by Gasteiger charge is 2.44. The molecule has 1 aliphatic heterocycles. The topological polar surface area (TPSA) is 54.5 Å². The summed E-state index contributed by atoms with van der Waals surface area (Å²) in [6.07, 6.45) is 2.76. The van der Waals surface area contributed by atoms with Crippen molar-refractivity contribution in [1.82, 2.24) is 4.90 Å². The largest absolute Gasteiger partial charge is 0.325 e. The number of β-lactam (4-membered cyclic amide) rings is 1.